The summed E-state index contributed by atoms with van der Waals surface area (Å²) in [5.41, 5.74) is 0. The van der Waals surface area contributed by atoms with Crippen molar-refractivity contribution in [3.05, 3.63) is 36.4 Å². The molecule has 7 nitrogen and oxygen atoms in total. The highest BCUT2D eigenvalue weighted by Gasteiger charge is 2.47. The molecule has 0 spiro atoms. The molecule has 154 valence electrons. The Bertz CT molecular complexity index is 810. The van der Waals surface area contributed by atoms with Gasteiger partial charge in [0.25, 0.3) is 0 Å². The highest BCUT2D eigenvalue weighted by Crippen LogP contribution is 2.35. The lowest BCUT2D eigenvalue weighted by Crippen LogP contribution is -2.44. The van der Waals surface area contributed by atoms with Crippen LogP contribution in [0.4, 0.5) is 0 Å². The number of ether oxygens (including phenoxy) is 2. The monoisotopic (exact) mass is 398 g/mol. The topological polar surface area (TPSA) is 76.2 Å². The van der Waals surface area contributed by atoms with Gasteiger partial charge in [-0.25, -0.2) is 0 Å². The first-order valence-corrected chi connectivity index (χ1v) is 10.2. The van der Waals surface area contributed by atoms with Crippen LogP contribution in [0.2, 0.25) is 0 Å². The molecule has 7 heteroatoms. The zero-order valence-corrected chi connectivity index (χ0v) is 16.6. The van der Waals surface area contributed by atoms with Crippen molar-refractivity contribution in [2.75, 3.05) is 26.2 Å². The number of rotatable bonds is 6. The van der Waals surface area contributed by atoms with Gasteiger partial charge in [-0.05, 0) is 31.9 Å². The molecule has 2 aliphatic heterocycles. The normalized spacial score (nSPS) is 25.1. The van der Waals surface area contributed by atoms with E-state index in [0.29, 0.717) is 44.0 Å². The quantitative estimate of drug-likeness (QED) is 0.541. The average molecular weight is 398 g/mol. The summed E-state index contributed by atoms with van der Waals surface area (Å²) in [5, 5.41) is 0. The second-order valence-corrected chi connectivity index (χ2v) is 7.66. The number of para-hydroxylation sites is 2. The second kappa shape index (κ2) is 8.27. The Kier molecular flexibility index (Phi) is 5.56. The molecule has 4 rings (SSSR count). The van der Waals surface area contributed by atoms with Crippen LogP contribution in [0.3, 0.4) is 0 Å². The van der Waals surface area contributed by atoms with Crippen molar-refractivity contribution in [3.63, 3.8) is 0 Å². The number of benzene rings is 1. The smallest absolute Gasteiger partial charge is 0.233 e. The van der Waals surface area contributed by atoms with Gasteiger partial charge in [-0.1, -0.05) is 24.3 Å². The van der Waals surface area contributed by atoms with Crippen LogP contribution in [0.5, 0.6) is 11.5 Å². The maximum Gasteiger partial charge on any atom is 0.233 e. The summed E-state index contributed by atoms with van der Waals surface area (Å²) >= 11 is 0. The SMILES string of the molecule is CCN(C[C@H]1COc2ccccc2O1)C(=O)CCN1C(=O)[C@H]2CC=CC[C@H]2C1=O. The van der Waals surface area contributed by atoms with Crippen LogP contribution >= 0.6 is 0 Å². The van der Waals surface area contributed by atoms with Crippen molar-refractivity contribution in [2.45, 2.75) is 32.3 Å². The number of likely N-dealkylation sites (N-methyl/N-ethyl adjacent to an activating group) is 1. The number of fused-ring (bicyclic) bond motifs is 2. The Labute approximate surface area is 170 Å². The largest absolute Gasteiger partial charge is 0.486 e. The van der Waals surface area contributed by atoms with Crippen LogP contribution in [0.1, 0.15) is 26.2 Å². The highest BCUT2D eigenvalue weighted by molar-refractivity contribution is 6.05. The molecule has 0 saturated carbocycles. The molecule has 29 heavy (non-hydrogen) atoms. The van der Waals surface area contributed by atoms with E-state index in [0.717, 1.165) is 0 Å². The summed E-state index contributed by atoms with van der Waals surface area (Å²) in [6.07, 6.45) is 5.03. The van der Waals surface area contributed by atoms with E-state index in [1.165, 1.54) is 4.90 Å². The van der Waals surface area contributed by atoms with Gasteiger partial charge in [0.15, 0.2) is 17.6 Å². The van der Waals surface area contributed by atoms with E-state index in [9.17, 15) is 14.4 Å². The fourth-order valence-electron chi connectivity index (χ4n) is 4.26. The molecule has 0 bridgehead atoms. The molecule has 2 heterocycles. The zero-order valence-electron chi connectivity index (χ0n) is 16.6. The van der Waals surface area contributed by atoms with Gasteiger partial charge in [0.05, 0.1) is 18.4 Å². The fourth-order valence-corrected chi connectivity index (χ4v) is 4.26. The first-order valence-electron chi connectivity index (χ1n) is 10.2. The maximum absolute atomic E-state index is 12.7. The minimum atomic E-state index is -0.252. The lowest BCUT2D eigenvalue weighted by Gasteiger charge is -2.31. The van der Waals surface area contributed by atoms with E-state index in [1.54, 1.807) is 4.90 Å². The van der Waals surface area contributed by atoms with E-state index in [1.807, 2.05) is 43.3 Å². The third-order valence-electron chi connectivity index (χ3n) is 5.87. The Morgan fingerprint density at radius 2 is 1.76 bits per heavy atom. The molecule has 1 saturated heterocycles. The van der Waals surface area contributed by atoms with Crippen LogP contribution < -0.4 is 9.47 Å². The van der Waals surface area contributed by atoms with Crippen molar-refractivity contribution >= 4 is 17.7 Å². The van der Waals surface area contributed by atoms with Gasteiger partial charge in [-0.15, -0.1) is 0 Å². The number of nitrogens with zero attached hydrogens (tertiary/aromatic N) is 2. The molecule has 1 aromatic rings. The van der Waals surface area contributed by atoms with Crippen LogP contribution in [-0.2, 0) is 14.4 Å². The molecule has 1 aromatic carbocycles. The highest BCUT2D eigenvalue weighted by atomic mass is 16.6. The van der Waals surface area contributed by atoms with Crippen LogP contribution in [0.15, 0.2) is 36.4 Å². The predicted molar refractivity (Wildman–Crippen MR) is 105 cm³/mol. The van der Waals surface area contributed by atoms with Crippen LogP contribution in [0.25, 0.3) is 0 Å². The predicted octanol–water partition coefficient (Wildman–Crippen LogP) is 2.02. The molecule has 0 aromatic heterocycles. The first kappa shape index (κ1) is 19.5. The lowest BCUT2D eigenvalue weighted by molar-refractivity contribution is -0.141. The van der Waals surface area contributed by atoms with Crippen molar-refractivity contribution in [1.29, 1.82) is 0 Å². The third kappa shape index (κ3) is 3.86. The number of carbonyl (C=O) groups is 3. The molecule has 0 N–H and O–H groups in total. The summed E-state index contributed by atoms with van der Waals surface area (Å²) in [6, 6.07) is 7.46. The number of amides is 3. The third-order valence-corrected chi connectivity index (χ3v) is 5.87. The molecule has 0 radical (unpaired) electrons. The Morgan fingerprint density at radius 1 is 1.10 bits per heavy atom. The van der Waals surface area contributed by atoms with E-state index in [-0.39, 0.29) is 48.6 Å². The Morgan fingerprint density at radius 3 is 2.41 bits per heavy atom. The van der Waals surface area contributed by atoms with Crippen LogP contribution in [0, 0.1) is 11.8 Å². The van der Waals surface area contributed by atoms with Gasteiger partial charge in [0.1, 0.15) is 6.61 Å². The molecule has 1 aliphatic carbocycles. The summed E-state index contributed by atoms with van der Waals surface area (Å²) in [7, 11) is 0. The minimum absolute atomic E-state index is 0.0939. The van der Waals surface area contributed by atoms with Gasteiger partial charge >= 0.3 is 0 Å². The molecule has 3 amide bonds. The van der Waals surface area contributed by atoms with Crippen molar-refractivity contribution in [3.8, 4) is 11.5 Å². The van der Waals surface area contributed by atoms with Crippen molar-refractivity contribution in [1.82, 2.24) is 9.80 Å². The van der Waals surface area contributed by atoms with E-state index < -0.39 is 0 Å². The van der Waals surface area contributed by atoms with Gasteiger partial charge in [0, 0.05) is 19.5 Å². The fraction of sp³-hybridized carbons (Fsp3) is 0.500. The molecule has 1 fully saturated rings. The van der Waals surface area contributed by atoms with Gasteiger partial charge < -0.3 is 14.4 Å². The number of allylic oxidation sites excluding steroid dienone is 2. The van der Waals surface area contributed by atoms with Gasteiger partial charge in [0.2, 0.25) is 17.7 Å². The van der Waals surface area contributed by atoms with Gasteiger partial charge in [-0.2, -0.15) is 0 Å². The van der Waals surface area contributed by atoms with Gasteiger partial charge in [-0.3, -0.25) is 19.3 Å². The lowest BCUT2D eigenvalue weighted by atomic mass is 9.85. The summed E-state index contributed by atoms with van der Waals surface area (Å²) in [5.74, 6) is 0.512. The van der Waals surface area contributed by atoms with Crippen molar-refractivity contribution in [2.24, 2.45) is 11.8 Å². The number of imide groups is 1. The van der Waals surface area contributed by atoms with E-state index in [4.69, 9.17) is 9.47 Å². The van der Waals surface area contributed by atoms with E-state index in [2.05, 4.69) is 0 Å². The molecule has 0 unspecified atom stereocenters. The second-order valence-electron chi connectivity index (χ2n) is 7.66. The molecular weight excluding hydrogens is 372 g/mol. The average Bonchev–Trinajstić information content (AvgIpc) is 3.00. The summed E-state index contributed by atoms with van der Waals surface area (Å²) in [6.45, 7) is 3.35. The molecule has 3 aliphatic rings. The molecular formula is C22H26N2O5. The summed E-state index contributed by atoms with van der Waals surface area (Å²) in [4.78, 5) is 40.8. The Hall–Kier alpha value is -2.83. The standard InChI is InChI=1S/C22H26N2O5/c1-2-23(13-15-14-28-18-9-5-6-10-19(18)29-15)20(25)11-12-24-21(26)16-7-3-4-8-17(16)22(24)27/h3-6,9-10,15-17H,2,7-8,11-14H2,1H3/t15-,16-,17+/m0/s1. The minimum Gasteiger partial charge on any atom is -0.486 e. The number of likely N-dealkylation sites (tertiary alicyclic amines) is 1. The number of hydrogen-bond donors (Lipinski definition) is 0. The van der Waals surface area contributed by atoms with E-state index >= 15 is 0 Å². The maximum atomic E-state index is 12.7. The van der Waals surface area contributed by atoms with Crippen molar-refractivity contribution < 1.29 is 23.9 Å². The Balaban J connectivity index is 1.32. The first-order chi connectivity index (χ1) is 14.1. The zero-order chi connectivity index (χ0) is 20.4. The summed E-state index contributed by atoms with van der Waals surface area (Å²) < 4.78 is 11.7. The molecule has 3 atom stereocenters. The number of hydrogen-bond acceptors (Lipinski definition) is 5. The van der Waals surface area contributed by atoms with Crippen LogP contribution in [-0.4, -0.2) is 59.9 Å². The number of carbonyl (C=O) groups excluding carboxylic acids is 3.